The molecule has 1 aliphatic rings. The largest absolute Gasteiger partial charge is 0.352 e. The van der Waals surface area contributed by atoms with Gasteiger partial charge in [0.15, 0.2) is 0 Å². The van der Waals surface area contributed by atoms with E-state index in [1.54, 1.807) is 0 Å². The molecule has 0 bridgehead atoms. The van der Waals surface area contributed by atoms with Crippen molar-refractivity contribution < 1.29 is 9.59 Å². The SMILES string of the molecule is CC(C)[C@@H](NC(N)=O)C(=O)N1CCC(Cc2ccccc2)CC1. The van der Waals surface area contributed by atoms with Gasteiger partial charge in [-0.2, -0.15) is 0 Å². The summed E-state index contributed by atoms with van der Waals surface area (Å²) < 4.78 is 0. The van der Waals surface area contributed by atoms with Gasteiger partial charge < -0.3 is 16.0 Å². The smallest absolute Gasteiger partial charge is 0.312 e. The highest BCUT2D eigenvalue weighted by atomic mass is 16.2. The molecule has 1 aliphatic heterocycles. The van der Waals surface area contributed by atoms with Crippen molar-refractivity contribution in [1.29, 1.82) is 0 Å². The van der Waals surface area contributed by atoms with E-state index in [4.69, 9.17) is 5.73 Å². The number of piperidine rings is 1. The first-order valence-corrected chi connectivity index (χ1v) is 8.36. The van der Waals surface area contributed by atoms with Crippen LogP contribution in [0, 0.1) is 11.8 Å². The maximum atomic E-state index is 12.6. The summed E-state index contributed by atoms with van der Waals surface area (Å²) >= 11 is 0. The zero-order valence-corrected chi connectivity index (χ0v) is 14.0. The molecular weight excluding hydrogens is 290 g/mol. The minimum Gasteiger partial charge on any atom is -0.352 e. The molecule has 2 rings (SSSR count). The van der Waals surface area contributed by atoms with Gasteiger partial charge in [-0.15, -0.1) is 0 Å². The summed E-state index contributed by atoms with van der Waals surface area (Å²) in [7, 11) is 0. The van der Waals surface area contributed by atoms with Crippen LogP contribution in [-0.2, 0) is 11.2 Å². The van der Waals surface area contributed by atoms with E-state index in [0.29, 0.717) is 5.92 Å². The van der Waals surface area contributed by atoms with Gasteiger partial charge in [0.2, 0.25) is 5.91 Å². The Morgan fingerprint density at radius 1 is 1.22 bits per heavy atom. The zero-order chi connectivity index (χ0) is 16.8. The van der Waals surface area contributed by atoms with Gasteiger partial charge in [0, 0.05) is 13.1 Å². The molecule has 5 nitrogen and oxygen atoms in total. The van der Waals surface area contributed by atoms with Gasteiger partial charge >= 0.3 is 6.03 Å². The molecule has 23 heavy (non-hydrogen) atoms. The Hall–Kier alpha value is -2.04. The van der Waals surface area contributed by atoms with Crippen molar-refractivity contribution in [2.75, 3.05) is 13.1 Å². The maximum absolute atomic E-state index is 12.6. The second kappa shape index (κ2) is 7.99. The maximum Gasteiger partial charge on any atom is 0.312 e. The molecule has 1 heterocycles. The van der Waals surface area contributed by atoms with Crippen LogP contribution in [-0.4, -0.2) is 36.0 Å². The highest BCUT2D eigenvalue weighted by molar-refractivity contribution is 5.86. The summed E-state index contributed by atoms with van der Waals surface area (Å²) in [4.78, 5) is 25.6. The van der Waals surface area contributed by atoms with Crippen LogP contribution in [0.1, 0.15) is 32.3 Å². The molecule has 0 unspecified atom stereocenters. The predicted octanol–water partition coefficient (Wildman–Crippen LogP) is 2.16. The molecule has 1 fully saturated rings. The Morgan fingerprint density at radius 2 is 1.83 bits per heavy atom. The number of likely N-dealkylation sites (tertiary alicyclic amines) is 1. The fourth-order valence-electron chi connectivity index (χ4n) is 3.17. The normalized spacial score (nSPS) is 17.1. The highest BCUT2D eigenvalue weighted by Gasteiger charge is 2.30. The Morgan fingerprint density at radius 3 is 2.35 bits per heavy atom. The number of carbonyl (C=O) groups is 2. The molecule has 0 aliphatic carbocycles. The summed E-state index contributed by atoms with van der Waals surface area (Å²) in [6.45, 7) is 5.33. The van der Waals surface area contributed by atoms with Crippen LogP contribution in [0.25, 0.3) is 0 Å². The van der Waals surface area contributed by atoms with Gasteiger partial charge in [-0.1, -0.05) is 44.2 Å². The number of urea groups is 1. The van der Waals surface area contributed by atoms with Gasteiger partial charge in [0.25, 0.3) is 0 Å². The number of carbonyl (C=O) groups excluding carboxylic acids is 2. The molecule has 1 atom stereocenters. The number of nitrogens with two attached hydrogens (primary N) is 1. The Labute approximate surface area is 138 Å². The molecule has 0 aromatic heterocycles. The Bertz CT molecular complexity index is 522. The summed E-state index contributed by atoms with van der Waals surface area (Å²) in [5.74, 6) is 0.622. The van der Waals surface area contributed by atoms with Crippen LogP contribution in [0.4, 0.5) is 4.79 Å². The standard InChI is InChI=1S/C18H27N3O2/c1-13(2)16(20-18(19)23)17(22)21-10-8-15(9-11-21)12-14-6-4-3-5-7-14/h3-7,13,15-16H,8-12H2,1-2H3,(H3,19,20,23)/t16-/m1/s1. The van der Waals surface area contributed by atoms with E-state index in [0.717, 1.165) is 32.4 Å². The van der Waals surface area contributed by atoms with Crippen LogP contribution in [0.3, 0.4) is 0 Å². The molecular formula is C18H27N3O2. The van der Waals surface area contributed by atoms with Gasteiger partial charge in [-0.25, -0.2) is 4.79 Å². The molecule has 1 saturated heterocycles. The number of nitrogens with one attached hydrogen (secondary N) is 1. The minimum atomic E-state index is -0.643. The van der Waals surface area contributed by atoms with Gasteiger partial charge in [-0.05, 0) is 36.7 Å². The molecule has 126 valence electrons. The lowest BCUT2D eigenvalue weighted by atomic mass is 9.89. The first kappa shape index (κ1) is 17.3. The first-order chi connectivity index (χ1) is 11.0. The Balaban J connectivity index is 1.87. The summed E-state index contributed by atoms with van der Waals surface area (Å²) in [6.07, 6.45) is 3.07. The van der Waals surface area contributed by atoms with Crippen molar-refractivity contribution in [3.05, 3.63) is 35.9 Å². The van der Waals surface area contributed by atoms with E-state index in [2.05, 4.69) is 29.6 Å². The Kier molecular flexibility index (Phi) is 6.02. The van der Waals surface area contributed by atoms with E-state index >= 15 is 0 Å². The minimum absolute atomic E-state index is 0.0167. The number of nitrogens with zero attached hydrogens (tertiary/aromatic N) is 1. The number of rotatable bonds is 5. The predicted molar refractivity (Wildman–Crippen MR) is 90.8 cm³/mol. The number of hydrogen-bond acceptors (Lipinski definition) is 2. The molecule has 1 aromatic rings. The van der Waals surface area contributed by atoms with Crippen molar-refractivity contribution in [2.24, 2.45) is 17.6 Å². The fourth-order valence-corrected chi connectivity index (χ4v) is 3.17. The number of primary amides is 1. The number of benzene rings is 1. The van der Waals surface area contributed by atoms with Gasteiger partial charge in [0.1, 0.15) is 6.04 Å². The third kappa shape index (κ3) is 4.98. The molecule has 3 amide bonds. The lowest BCUT2D eigenvalue weighted by Gasteiger charge is -2.35. The lowest BCUT2D eigenvalue weighted by Crippen LogP contribution is -2.54. The molecule has 0 spiro atoms. The average molecular weight is 317 g/mol. The topological polar surface area (TPSA) is 75.4 Å². The van der Waals surface area contributed by atoms with Gasteiger partial charge in [-0.3, -0.25) is 4.79 Å². The third-order valence-corrected chi connectivity index (χ3v) is 4.52. The average Bonchev–Trinajstić information content (AvgIpc) is 2.53. The molecule has 5 heteroatoms. The van der Waals surface area contributed by atoms with Gasteiger partial charge in [0.05, 0.1) is 0 Å². The van der Waals surface area contributed by atoms with E-state index in [-0.39, 0.29) is 11.8 Å². The second-order valence-electron chi connectivity index (χ2n) is 6.69. The van der Waals surface area contributed by atoms with Crippen molar-refractivity contribution in [3.8, 4) is 0 Å². The summed E-state index contributed by atoms with van der Waals surface area (Å²) in [5, 5.41) is 2.58. The van der Waals surface area contributed by atoms with E-state index < -0.39 is 12.1 Å². The molecule has 1 aromatic carbocycles. The second-order valence-corrected chi connectivity index (χ2v) is 6.69. The van der Waals surface area contributed by atoms with Crippen molar-refractivity contribution in [2.45, 2.75) is 39.2 Å². The van der Waals surface area contributed by atoms with Crippen LogP contribution in [0.15, 0.2) is 30.3 Å². The fraction of sp³-hybridized carbons (Fsp3) is 0.556. The van der Waals surface area contributed by atoms with Crippen LogP contribution in [0.2, 0.25) is 0 Å². The molecule has 3 N–H and O–H groups in total. The molecule has 0 saturated carbocycles. The summed E-state index contributed by atoms with van der Waals surface area (Å²) in [5.41, 5.74) is 6.54. The van der Waals surface area contributed by atoms with E-state index in [1.807, 2.05) is 24.8 Å². The van der Waals surface area contributed by atoms with Crippen LogP contribution < -0.4 is 11.1 Å². The quantitative estimate of drug-likeness (QED) is 0.873. The number of hydrogen-bond donors (Lipinski definition) is 2. The molecule has 0 radical (unpaired) electrons. The zero-order valence-electron chi connectivity index (χ0n) is 14.0. The monoisotopic (exact) mass is 317 g/mol. The third-order valence-electron chi connectivity index (χ3n) is 4.52. The highest BCUT2D eigenvalue weighted by Crippen LogP contribution is 2.22. The lowest BCUT2D eigenvalue weighted by molar-refractivity contribution is -0.135. The van der Waals surface area contributed by atoms with Crippen molar-refractivity contribution in [1.82, 2.24) is 10.2 Å². The first-order valence-electron chi connectivity index (χ1n) is 8.36. The van der Waals surface area contributed by atoms with E-state index in [9.17, 15) is 9.59 Å². The summed E-state index contributed by atoms with van der Waals surface area (Å²) in [6, 6.07) is 9.30. The van der Waals surface area contributed by atoms with E-state index in [1.165, 1.54) is 5.56 Å². The van der Waals surface area contributed by atoms with Crippen molar-refractivity contribution in [3.63, 3.8) is 0 Å². The van der Waals surface area contributed by atoms with Crippen LogP contribution in [0.5, 0.6) is 0 Å². The van der Waals surface area contributed by atoms with Crippen molar-refractivity contribution >= 4 is 11.9 Å². The number of amides is 3. The van der Waals surface area contributed by atoms with Crippen LogP contribution >= 0.6 is 0 Å².